The number of aromatic amines is 1. The average molecular weight is 314 g/mol. The van der Waals surface area contributed by atoms with Gasteiger partial charge in [0.05, 0.1) is 16.6 Å². The first-order chi connectivity index (χ1) is 11.1. The van der Waals surface area contributed by atoms with Crippen LogP contribution in [0.3, 0.4) is 0 Å². The van der Waals surface area contributed by atoms with Gasteiger partial charge in [-0.05, 0) is 12.1 Å². The van der Waals surface area contributed by atoms with E-state index < -0.39 is 5.72 Å². The van der Waals surface area contributed by atoms with Crippen LogP contribution in [-0.2, 0) is 9.53 Å². The van der Waals surface area contributed by atoms with Gasteiger partial charge in [-0.1, -0.05) is 0 Å². The van der Waals surface area contributed by atoms with Crippen molar-refractivity contribution < 1.29 is 14.3 Å². The Labute approximate surface area is 133 Å². The van der Waals surface area contributed by atoms with Crippen molar-refractivity contribution in [3.05, 3.63) is 30.1 Å². The second-order valence-corrected chi connectivity index (χ2v) is 6.11. The molecule has 0 unspecified atom stereocenters. The van der Waals surface area contributed by atoms with Gasteiger partial charge in [-0.25, -0.2) is 0 Å². The summed E-state index contributed by atoms with van der Waals surface area (Å²) in [7, 11) is 1.77. The molecule has 4 heterocycles. The Kier molecular flexibility index (Phi) is 3.12. The maximum absolute atomic E-state index is 12.7. The Bertz CT molecular complexity index is 776. The molecule has 2 saturated heterocycles. The SMILES string of the molecule is CN1C(=O)COC12CCN(C(=O)c1cnc3cc[nH]c3c1)CC2. The molecule has 7 heteroatoms. The fourth-order valence-corrected chi connectivity index (χ4v) is 3.39. The number of amides is 2. The van der Waals surface area contributed by atoms with Gasteiger partial charge >= 0.3 is 0 Å². The van der Waals surface area contributed by atoms with E-state index in [4.69, 9.17) is 4.74 Å². The van der Waals surface area contributed by atoms with Gasteiger partial charge in [0, 0.05) is 45.4 Å². The van der Waals surface area contributed by atoms with E-state index in [1.54, 1.807) is 29.2 Å². The predicted molar refractivity (Wildman–Crippen MR) is 82.7 cm³/mol. The molecule has 1 spiro atoms. The number of piperidine rings is 1. The lowest BCUT2D eigenvalue weighted by atomic mass is 9.98. The zero-order chi connectivity index (χ0) is 16.0. The standard InChI is InChI=1S/C16H18N4O3/c1-19-14(21)10-23-16(19)3-6-20(7-4-16)15(22)11-8-13-12(18-9-11)2-5-17-13/h2,5,8-9,17H,3-4,6-7,10H2,1H3. The number of aromatic nitrogens is 2. The van der Waals surface area contributed by atoms with Crippen LogP contribution in [-0.4, -0.2) is 64.1 Å². The van der Waals surface area contributed by atoms with Gasteiger partial charge in [0.2, 0.25) is 0 Å². The number of hydrogen-bond donors (Lipinski definition) is 1. The molecule has 0 radical (unpaired) electrons. The number of nitrogens with zero attached hydrogens (tertiary/aromatic N) is 3. The van der Waals surface area contributed by atoms with Crippen molar-refractivity contribution in [2.45, 2.75) is 18.6 Å². The summed E-state index contributed by atoms with van der Waals surface area (Å²) in [6, 6.07) is 3.70. The van der Waals surface area contributed by atoms with Crippen LogP contribution in [0.15, 0.2) is 24.5 Å². The van der Waals surface area contributed by atoms with Gasteiger partial charge in [-0.15, -0.1) is 0 Å². The van der Waals surface area contributed by atoms with Gasteiger partial charge < -0.3 is 19.5 Å². The summed E-state index contributed by atoms with van der Waals surface area (Å²) in [5.74, 6) is -0.0259. The smallest absolute Gasteiger partial charge is 0.255 e. The molecular weight excluding hydrogens is 296 g/mol. The van der Waals surface area contributed by atoms with Crippen LogP contribution in [0.4, 0.5) is 0 Å². The second kappa shape index (κ2) is 5.06. The van der Waals surface area contributed by atoms with Crippen LogP contribution in [0.2, 0.25) is 0 Å². The van der Waals surface area contributed by atoms with Gasteiger partial charge in [-0.2, -0.15) is 0 Å². The third-order valence-electron chi connectivity index (χ3n) is 4.93. The minimum absolute atomic E-state index is 0.00572. The minimum atomic E-state index is -0.532. The summed E-state index contributed by atoms with van der Waals surface area (Å²) in [6.07, 6.45) is 4.70. The summed E-state index contributed by atoms with van der Waals surface area (Å²) < 4.78 is 5.71. The third-order valence-corrected chi connectivity index (χ3v) is 4.93. The monoisotopic (exact) mass is 314 g/mol. The fraction of sp³-hybridized carbons (Fsp3) is 0.438. The Morgan fingerprint density at radius 1 is 1.39 bits per heavy atom. The van der Waals surface area contributed by atoms with Crippen molar-refractivity contribution in [1.29, 1.82) is 0 Å². The minimum Gasteiger partial charge on any atom is -0.360 e. The highest BCUT2D eigenvalue weighted by Gasteiger charge is 2.47. The van der Waals surface area contributed by atoms with Gasteiger partial charge in [-0.3, -0.25) is 14.6 Å². The highest BCUT2D eigenvalue weighted by molar-refractivity contribution is 5.96. The van der Waals surface area contributed by atoms with Crippen LogP contribution in [0.25, 0.3) is 11.0 Å². The molecule has 0 saturated carbocycles. The zero-order valence-electron chi connectivity index (χ0n) is 12.9. The molecule has 2 amide bonds. The number of carbonyl (C=O) groups is 2. The van der Waals surface area contributed by atoms with Crippen molar-refractivity contribution in [2.24, 2.45) is 0 Å². The fourth-order valence-electron chi connectivity index (χ4n) is 3.39. The Hall–Kier alpha value is -2.41. The molecule has 2 aliphatic rings. The lowest BCUT2D eigenvalue weighted by Crippen LogP contribution is -2.53. The van der Waals surface area contributed by atoms with E-state index in [2.05, 4.69) is 9.97 Å². The number of likely N-dealkylation sites (tertiary alicyclic amines) is 1. The molecule has 2 aromatic heterocycles. The number of fused-ring (bicyclic) bond motifs is 1. The van der Waals surface area contributed by atoms with E-state index in [1.165, 1.54) is 0 Å². The van der Waals surface area contributed by atoms with Gasteiger partial charge in [0.1, 0.15) is 12.3 Å². The quantitative estimate of drug-likeness (QED) is 0.851. The molecule has 4 rings (SSSR count). The molecule has 7 nitrogen and oxygen atoms in total. The number of rotatable bonds is 1. The Morgan fingerprint density at radius 3 is 2.87 bits per heavy atom. The van der Waals surface area contributed by atoms with Crippen LogP contribution < -0.4 is 0 Å². The highest BCUT2D eigenvalue weighted by atomic mass is 16.5. The molecule has 120 valence electrons. The van der Waals surface area contributed by atoms with Crippen molar-refractivity contribution >= 4 is 22.8 Å². The molecule has 1 N–H and O–H groups in total. The van der Waals surface area contributed by atoms with E-state index in [1.807, 2.05) is 12.1 Å². The van der Waals surface area contributed by atoms with Crippen LogP contribution in [0, 0.1) is 0 Å². The van der Waals surface area contributed by atoms with Crippen LogP contribution in [0.1, 0.15) is 23.2 Å². The molecular formula is C16H18N4O3. The zero-order valence-corrected chi connectivity index (χ0v) is 12.9. The Morgan fingerprint density at radius 2 is 2.17 bits per heavy atom. The Balaban J connectivity index is 1.49. The number of hydrogen-bond acceptors (Lipinski definition) is 4. The van der Waals surface area contributed by atoms with Crippen LogP contribution >= 0.6 is 0 Å². The topological polar surface area (TPSA) is 78.5 Å². The first kappa shape index (κ1) is 14.2. The van der Waals surface area contributed by atoms with Crippen molar-refractivity contribution in [1.82, 2.24) is 19.8 Å². The van der Waals surface area contributed by atoms with E-state index in [-0.39, 0.29) is 18.4 Å². The summed E-state index contributed by atoms with van der Waals surface area (Å²) in [6.45, 7) is 1.27. The molecule has 0 aliphatic carbocycles. The normalized spacial score (nSPS) is 20.7. The molecule has 2 aromatic rings. The third kappa shape index (κ3) is 2.19. The lowest BCUT2D eigenvalue weighted by molar-refractivity contribution is -0.135. The average Bonchev–Trinajstić information content (AvgIpc) is 3.15. The van der Waals surface area contributed by atoms with Crippen LogP contribution in [0.5, 0.6) is 0 Å². The molecule has 0 atom stereocenters. The number of ether oxygens (including phenoxy) is 1. The summed E-state index contributed by atoms with van der Waals surface area (Å²) in [5.41, 5.74) is 1.75. The van der Waals surface area contributed by atoms with Gasteiger partial charge in [0.25, 0.3) is 11.8 Å². The number of likely N-dealkylation sites (N-methyl/N-ethyl adjacent to an activating group) is 1. The maximum atomic E-state index is 12.7. The van der Waals surface area contributed by atoms with Crippen molar-refractivity contribution in [3.63, 3.8) is 0 Å². The molecule has 0 aromatic carbocycles. The molecule has 23 heavy (non-hydrogen) atoms. The van der Waals surface area contributed by atoms with Crippen molar-refractivity contribution in [2.75, 3.05) is 26.7 Å². The number of pyridine rings is 1. The predicted octanol–water partition coefficient (Wildman–Crippen LogP) is 0.984. The first-order valence-electron chi connectivity index (χ1n) is 7.72. The molecule has 2 fully saturated rings. The highest BCUT2D eigenvalue weighted by Crippen LogP contribution is 2.33. The summed E-state index contributed by atoms with van der Waals surface area (Å²) in [4.78, 5) is 35.2. The van der Waals surface area contributed by atoms with Crippen molar-refractivity contribution in [3.8, 4) is 0 Å². The van der Waals surface area contributed by atoms with E-state index in [9.17, 15) is 9.59 Å². The molecule has 2 aliphatic heterocycles. The summed E-state index contributed by atoms with van der Waals surface area (Å²) >= 11 is 0. The molecule has 0 bridgehead atoms. The first-order valence-corrected chi connectivity index (χ1v) is 7.72. The number of H-pyrrole nitrogens is 1. The largest absolute Gasteiger partial charge is 0.360 e. The van der Waals surface area contributed by atoms with E-state index >= 15 is 0 Å². The van der Waals surface area contributed by atoms with Gasteiger partial charge in [0.15, 0.2) is 0 Å². The summed E-state index contributed by atoms with van der Waals surface area (Å²) in [5, 5.41) is 0. The lowest BCUT2D eigenvalue weighted by Gasteiger charge is -2.42. The van der Waals surface area contributed by atoms with E-state index in [0.29, 0.717) is 31.5 Å². The second-order valence-electron chi connectivity index (χ2n) is 6.11. The van der Waals surface area contributed by atoms with E-state index in [0.717, 1.165) is 11.0 Å². The number of carbonyl (C=O) groups excluding carboxylic acids is 2. The number of nitrogens with one attached hydrogen (secondary N) is 1. The maximum Gasteiger partial charge on any atom is 0.255 e.